The second kappa shape index (κ2) is 12.8. The van der Waals surface area contributed by atoms with Crippen LogP contribution in [0.1, 0.15) is 35.2 Å². The first kappa shape index (κ1) is 29.2. The van der Waals surface area contributed by atoms with Gasteiger partial charge in [0, 0.05) is 11.1 Å². The number of carbonyl (C=O) groups excluding carboxylic acids is 1. The van der Waals surface area contributed by atoms with Crippen LogP contribution in [0.25, 0.3) is 22.5 Å². The van der Waals surface area contributed by atoms with Crippen LogP contribution in [-0.4, -0.2) is 17.1 Å². The van der Waals surface area contributed by atoms with Gasteiger partial charge in [-0.05, 0) is 41.0 Å². The highest BCUT2D eigenvalue weighted by Gasteiger charge is 2.35. The molecule has 1 aliphatic heterocycles. The average Bonchev–Trinajstić information content (AvgIpc) is 3.41. The van der Waals surface area contributed by atoms with Crippen LogP contribution >= 0.6 is 11.3 Å². The predicted octanol–water partition coefficient (Wildman–Crippen LogP) is 6.67. The molecule has 0 fully saturated rings. The Kier molecular flexibility index (Phi) is 8.14. The molecule has 0 aliphatic carbocycles. The Balaban J connectivity index is 1.36. The number of benzene rings is 5. The first-order valence-corrected chi connectivity index (χ1v) is 16.0. The summed E-state index contributed by atoms with van der Waals surface area (Å²) in [5.41, 5.74) is 4.01. The van der Waals surface area contributed by atoms with E-state index in [-0.39, 0.29) is 12.2 Å². The third-order valence-corrected chi connectivity index (χ3v) is 8.94. The number of thiazole rings is 1. The fourth-order valence-electron chi connectivity index (χ4n) is 5.84. The second-order valence-electron chi connectivity index (χ2n) is 10.8. The summed E-state index contributed by atoms with van der Waals surface area (Å²) < 4.78 is 14.0. The molecule has 7 heteroatoms. The van der Waals surface area contributed by atoms with Gasteiger partial charge >= 0.3 is 5.97 Å². The highest BCUT2D eigenvalue weighted by molar-refractivity contribution is 7.07. The van der Waals surface area contributed by atoms with E-state index in [2.05, 4.69) is 24.3 Å². The van der Waals surface area contributed by atoms with Crippen molar-refractivity contribution in [2.24, 2.45) is 4.99 Å². The van der Waals surface area contributed by atoms with Crippen molar-refractivity contribution < 1.29 is 14.3 Å². The molecule has 0 N–H and O–H groups in total. The topological polar surface area (TPSA) is 69.9 Å². The lowest BCUT2D eigenvalue weighted by molar-refractivity contribution is -0.138. The summed E-state index contributed by atoms with van der Waals surface area (Å²) in [5.74, 6) is 0.165. The molecule has 226 valence electrons. The van der Waals surface area contributed by atoms with Crippen LogP contribution in [0.5, 0.6) is 5.75 Å². The van der Waals surface area contributed by atoms with Gasteiger partial charge in [0.25, 0.3) is 5.56 Å². The summed E-state index contributed by atoms with van der Waals surface area (Å²) in [6.45, 7) is 2.35. The molecular formula is C39H30N2O4S. The van der Waals surface area contributed by atoms with E-state index in [1.165, 1.54) is 11.3 Å². The van der Waals surface area contributed by atoms with E-state index in [1.807, 2.05) is 109 Å². The average molecular weight is 623 g/mol. The molecule has 0 bridgehead atoms. The SMILES string of the molecule is CCOC(=O)C1=C(c2ccccc2)N=c2s/c(=C/c3ccccc3OCc3cccc4ccccc34)c(=O)n2[C@@H]1c1ccccc1. The van der Waals surface area contributed by atoms with Crippen LogP contribution in [0, 0.1) is 0 Å². The molecule has 1 atom stereocenters. The van der Waals surface area contributed by atoms with Crippen LogP contribution in [0.3, 0.4) is 0 Å². The number of para-hydroxylation sites is 1. The number of nitrogens with zero attached hydrogens (tertiary/aromatic N) is 2. The zero-order valence-electron chi connectivity index (χ0n) is 25.1. The summed E-state index contributed by atoms with van der Waals surface area (Å²) in [7, 11) is 0. The number of aromatic nitrogens is 1. The molecule has 6 aromatic rings. The standard InChI is InChI=1S/C39H30N2O4S/c1-2-44-38(43)34-35(27-15-5-3-6-16-27)40-39-41(36(34)28-17-7-4-8-18-28)37(42)33(46-39)24-29-19-10-12-23-32(29)45-25-30-21-13-20-26-14-9-11-22-31(26)30/h3-24,36H,2,25H2,1H3/b33-24+/t36-/m1/s1. The van der Waals surface area contributed by atoms with E-state index in [0.29, 0.717) is 33.0 Å². The summed E-state index contributed by atoms with van der Waals surface area (Å²) >= 11 is 1.29. The molecule has 6 nitrogen and oxygen atoms in total. The molecule has 0 unspecified atom stereocenters. The molecule has 7 rings (SSSR count). The van der Waals surface area contributed by atoms with E-state index >= 15 is 0 Å². The fraction of sp³-hybridized carbons (Fsp3) is 0.103. The number of fused-ring (bicyclic) bond motifs is 2. The largest absolute Gasteiger partial charge is 0.488 e. The third-order valence-electron chi connectivity index (χ3n) is 7.96. The van der Waals surface area contributed by atoms with Crippen molar-refractivity contribution in [2.75, 3.05) is 6.61 Å². The predicted molar refractivity (Wildman–Crippen MR) is 182 cm³/mol. The molecule has 46 heavy (non-hydrogen) atoms. The van der Waals surface area contributed by atoms with Gasteiger partial charge in [-0.1, -0.05) is 133 Å². The summed E-state index contributed by atoms with van der Waals surface area (Å²) in [6, 6.07) is 40.5. The Morgan fingerprint density at radius 2 is 1.54 bits per heavy atom. The number of hydrogen-bond donors (Lipinski definition) is 0. The summed E-state index contributed by atoms with van der Waals surface area (Å²) in [4.78, 5) is 33.3. The van der Waals surface area contributed by atoms with Crippen molar-refractivity contribution in [2.45, 2.75) is 19.6 Å². The van der Waals surface area contributed by atoms with E-state index in [9.17, 15) is 9.59 Å². The minimum atomic E-state index is -0.716. The number of hydrogen-bond acceptors (Lipinski definition) is 6. The zero-order chi connectivity index (χ0) is 31.5. The molecule has 0 spiro atoms. The van der Waals surface area contributed by atoms with Gasteiger partial charge in [-0.25, -0.2) is 9.79 Å². The maximum Gasteiger partial charge on any atom is 0.338 e. The van der Waals surface area contributed by atoms with Crippen molar-refractivity contribution in [3.8, 4) is 5.75 Å². The molecule has 2 heterocycles. The Morgan fingerprint density at radius 3 is 2.35 bits per heavy atom. The molecule has 0 saturated carbocycles. The highest BCUT2D eigenvalue weighted by Crippen LogP contribution is 2.35. The Hall–Kier alpha value is -5.53. The van der Waals surface area contributed by atoms with Gasteiger partial charge in [-0.3, -0.25) is 9.36 Å². The smallest absolute Gasteiger partial charge is 0.338 e. The van der Waals surface area contributed by atoms with Crippen LogP contribution in [0.2, 0.25) is 0 Å². The maximum absolute atomic E-state index is 14.3. The maximum atomic E-state index is 14.3. The monoisotopic (exact) mass is 622 g/mol. The molecule has 1 aliphatic rings. The van der Waals surface area contributed by atoms with Gasteiger partial charge in [0.2, 0.25) is 0 Å². The van der Waals surface area contributed by atoms with Gasteiger partial charge in [-0.15, -0.1) is 0 Å². The van der Waals surface area contributed by atoms with Crippen LogP contribution in [-0.2, 0) is 16.1 Å². The number of carbonyl (C=O) groups is 1. The number of ether oxygens (including phenoxy) is 2. The van der Waals surface area contributed by atoms with Gasteiger partial charge in [0.15, 0.2) is 4.80 Å². The Labute approximate surface area is 269 Å². The molecule has 5 aromatic carbocycles. The van der Waals surface area contributed by atoms with Crippen LogP contribution < -0.4 is 19.6 Å². The van der Waals surface area contributed by atoms with Crippen molar-refractivity contribution in [3.63, 3.8) is 0 Å². The van der Waals surface area contributed by atoms with Crippen molar-refractivity contribution in [1.29, 1.82) is 0 Å². The summed E-state index contributed by atoms with van der Waals surface area (Å²) in [6.07, 6.45) is 1.85. The van der Waals surface area contributed by atoms with E-state index in [1.54, 1.807) is 11.5 Å². The van der Waals surface area contributed by atoms with Crippen molar-refractivity contribution in [1.82, 2.24) is 4.57 Å². The van der Waals surface area contributed by atoms with Crippen molar-refractivity contribution in [3.05, 3.63) is 175 Å². The normalized spacial score (nSPS) is 14.5. The second-order valence-corrected chi connectivity index (χ2v) is 11.8. The van der Waals surface area contributed by atoms with Crippen molar-refractivity contribution >= 4 is 39.9 Å². The van der Waals surface area contributed by atoms with Gasteiger partial charge in [-0.2, -0.15) is 0 Å². The summed E-state index contributed by atoms with van der Waals surface area (Å²) in [5, 5.41) is 2.30. The lowest BCUT2D eigenvalue weighted by atomic mass is 9.93. The molecule has 1 aromatic heterocycles. The third kappa shape index (κ3) is 5.57. The Bertz CT molecular complexity index is 2270. The van der Waals surface area contributed by atoms with Crippen LogP contribution in [0.15, 0.2) is 143 Å². The van der Waals surface area contributed by atoms with Gasteiger partial charge < -0.3 is 9.47 Å². The molecule has 0 saturated heterocycles. The van der Waals surface area contributed by atoms with E-state index in [4.69, 9.17) is 14.5 Å². The molecular weight excluding hydrogens is 593 g/mol. The number of rotatable bonds is 8. The molecule has 0 radical (unpaired) electrons. The lowest BCUT2D eigenvalue weighted by Crippen LogP contribution is -2.40. The first-order valence-electron chi connectivity index (χ1n) is 15.1. The quantitative estimate of drug-likeness (QED) is 0.178. The minimum absolute atomic E-state index is 0.200. The van der Waals surface area contributed by atoms with E-state index in [0.717, 1.165) is 33.0 Å². The fourth-order valence-corrected chi connectivity index (χ4v) is 6.83. The lowest BCUT2D eigenvalue weighted by Gasteiger charge is -2.25. The Morgan fingerprint density at radius 1 is 0.848 bits per heavy atom. The van der Waals surface area contributed by atoms with E-state index < -0.39 is 12.0 Å². The minimum Gasteiger partial charge on any atom is -0.488 e. The van der Waals surface area contributed by atoms with Gasteiger partial charge in [0.05, 0.1) is 28.5 Å². The van der Waals surface area contributed by atoms with Crippen LogP contribution in [0.4, 0.5) is 0 Å². The highest BCUT2D eigenvalue weighted by atomic mass is 32.1. The molecule has 0 amide bonds. The number of esters is 1. The first-order chi connectivity index (χ1) is 22.6. The zero-order valence-corrected chi connectivity index (χ0v) is 25.9. The van der Waals surface area contributed by atoms with Gasteiger partial charge in [0.1, 0.15) is 12.4 Å².